The van der Waals surface area contributed by atoms with E-state index in [1.165, 1.54) is 4.90 Å². The highest BCUT2D eigenvalue weighted by Crippen LogP contribution is 2.21. The van der Waals surface area contributed by atoms with E-state index in [1.54, 1.807) is 6.92 Å². The van der Waals surface area contributed by atoms with E-state index in [1.807, 2.05) is 11.8 Å². The van der Waals surface area contributed by atoms with Gasteiger partial charge in [-0.2, -0.15) is 13.2 Å². The van der Waals surface area contributed by atoms with Gasteiger partial charge >= 0.3 is 12.2 Å². The Morgan fingerprint density at radius 3 is 2.62 bits per heavy atom. The summed E-state index contributed by atoms with van der Waals surface area (Å²) in [5.74, 6) is 0.531. The van der Waals surface area contributed by atoms with Crippen LogP contribution in [-0.2, 0) is 4.79 Å². The van der Waals surface area contributed by atoms with E-state index in [0.717, 1.165) is 11.3 Å². The van der Waals surface area contributed by atoms with E-state index in [0.29, 0.717) is 38.7 Å². The quantitative estimate of drug-likeness (QED) is 0.213. The lowest BCUT2D eigenvalue weighted by molar-refractivity contribution is -0.146. The maximum atomic E-state index is 12.7. The first kappa shape index (κ1) is 25.7. The summed E-state index contributed by atoms with van der Waals surface area (Å²) >= 11 is 0. The average Bonchev–Trinajstić information content (AvgIpc) is 3.20. The second-order valence-electron chi connectivity index (χ2n) is 6.98. The monoisotopic (exact) mass is 534 g/mol. The van der Waals surface area contributed by atoms with Crippen molar-refractivity contribution in [3.05, 3.63) is 0 Å². The highest BCUT2D eigenvalue weighted by molar-refractivity contribution is 14.0. The van der Waals surface area contributed by atoms with Crippen LogP contribution in [0.3, 0.4) is 0 Å². The number of hydrogen-bond donors (Lipinski definition) is 2. The zero-order valence-corrected chi connectivity index (χ0v) is 19.1. The molecule has 2 aliphatic heterocycles. The van der Waals surface area contributed by atoms with Crippen molar-refractivity contribution in [2.75, 3.05) is 58.9 Å². The number of alkyl halides is 3. The number of nitrogens with one attached hydrogen (secondary N) is 2. The van der Waals surface area contributed by atoms with E-state index in [2.05, 4.69) is 15.6 Å². The molecule has 2 fully saturated rings. The molecule has 3 amide bonds. The van der Waals surface area contributed by atoms with Crippen LogP contribution in [-0.4, -0.2) is 97.7 Å². The molecule has 8 nitrogen and oxygen atoms in total. The summed E-state index contributed by atoms with van der Waals surface area (Å²) < 4.78 is 38.0. The Bertz CT molecular complexity index is 574. The standard InChI is InChI=1S/C17H29F3N6O2.HI/c1-3-21-15(22-6-8-26-14(27)9-23-16(26)28)25-7-5-13(11-25)10-24(4-2)12-17(18,19)20;/h13H,3-12H2,1-2H3,(H,21,22)(H,23,28);1H. The molecule has 0 aliphatic carbocycles. The maximum Gasteiger partial charge on any atom is 0.401 e. The lowest BCUT2D eigenvalue weighted by Gasteiger charge is -2.26. The van der Waals surface area contributed by atoms with Crippen LogP contribution in [0.2, 0.25) is 0 Å². The summed E-state index contributed by atoms with van der Waals surface area (Å²) in [6, 6.07) is -0.407. The third-order valence-electron chi connectivity index (χ3n) is 4.81. The minimum Gasteiger partial charge on any atom is -0.357 e. The fourth-order valence-corrected chi connectivity index (χ4v) is 3.46. The van der Waals surface area contributed by atoms with Gasteiger partial charge in [-0.3, -0.25) is 19.6 Å². The molecule has 2 aliphatic rings. The van der Waals surface area contributed by atoms with Gasteiger partial charge < -0.3 is 15.5 Å². The number of imide groups is 1. The highest BCUT2D eigenvalue weighted by Gasteiger charge is 2.33. The topological polar surface area (TPSA) is 80.3 Å². The van der Waals surface area contributed by atoms with E-state index in [9.17, 15) is 22.8 Å². The number of nitrogens with zero attached hydrogens (tertiary/aromatic N) is 4. The van der Waals surface area contributed by atoms with E-state index < -0.39 is 18.8 Å². The van der Waals surface area contributed by atoms with Crippen molar-refractivity contribution in [2.45, 2.75) is 26.4 Å². The number of aliphatic imine (C=N–C) groups is 1. The minimum atomic E-state index is -4.19. The molecule has 1 unspecified atom stereocenters. The molecule has 2 N–H and O–H groups in total. The number of guanidine groups is 1. The molecule has 0 aromatic rings. The van der Waals surface area contributed by atoms with Gasteiger partial charge in [0, 0.05) is 26.2 Å². The Balaban J connectivity index is 0.00000420. The molecule has 0 bridgehead atoms. The van der Waals surface area contributed by atoms with Crippen molar-refractivity contribution in [1.82, 2.24) is 25.3 Å². The highest BCUT2D eigenvalue weighted by atomic mass is 127. The molecule has 0 spiro atoms. The van der Waals surface area contributed by atoms with Gasteiger partial charge in [-0.25, -0.2) is 4.79 Å². The van der Waals surface area contributed by atoms with Gasteiger partial charge in [0.05, 0.1) is 26.2 Å². The van der Waals surface area contributed by atoms with E-state index >= 15 is 0 Å². The lowest BCUT2D eigenvalue weighted by atomic mass is 10.1. The Kier molecular flexibility index (Phi) is 10.4. The second-order valence-corrected chi connectivity index (χ2v) is 6.98. The predicted molar refractivity (Wildman–Crippen MR) is 114 cm³/mol. The number of carbonyl (C=O) groups is 2. The van der Waals surface area contributed by atoms with Gasteiger partial charge in [-0.1, -0.05) is 6.92 Å². The van der Waals surface area contributed by atoms with Gasteiger partial charge in [-0.15, -0.1) is 24.0 Å². The minimum absolute atomic E-state index is 0. The fourth-order valence-electron chi connectivity index (χ4n) is 3.46. The number of amides is 3. The largest absolute Gasteiger partial charge is 0.401 e. The number of carbonyl (C=O) groups excluding carboxylic acids is 2. The third kappa shape index (κ3) is 8.15. The first-order valence-electron chi connectivity index (χ1n) is 9.64. The van der Waals surface area contributed by atoms with Crippen molar-refractivity contribution in [1.29, 1.82) is 0 Å². The summed E-state index contributed by atoms with van der Waals surface area (Å²) in [4.78, 5) is 32.2. The van der Waals surface area contributed by atoms with Crippen LogP contribution in [0.4, 0.5) is 18.0 Å². The Morgan fingerprint density at radius 1 is 1.34 bits per heavy atom. The number of urea groups is 1. The smallest absolute Gasteiger partial charge is 0.357 e. The Hall–Kier alpha value is -1.31. The van der Waals surface area contributed by atoms with E-state index in [-0.39, 0.29) is 55.4 Å². The Morgan fingerprint density at radius 2 is 2.07 bits per heavy atom. The first-order chi connectivity index (χ1) is 13.2. The molecule has 0 saturated carbocycles. The van der Waals surface area contributed by atoms with E-state index in [4.69, 9.17) is 0 Å². The van der Waals surface area contributed by atoms with Gasteiger partial charge in [-0.05, 0) is 25.8 Å². The van der Waals surface area contributed by atoms with Crippen molar-refractivity contribution in [2.24, 2.45) is 10.9 Å². The molecule has 1 atom stereocenters. The molecule has 0 aromatic carbocycles. The lowest BCUT2D eigenvalue weighted by Crippen LogP contribution is -2.42. The molecular weight excluding hydrogens is 504 g/mol. The van der Waals surface area contributed by atoms with Crippen LogP contribution in [0.15, 0.2) is 4.99 Å². The average molecular weight is 534 g/mol. The number of rotatable bonds is 8. The summed E-state index contributed by atoms with van der Waals surface area (Å²) in [5.41, 5.74) is 0. The maximum absolute atomic E-state index is 12.7. The van der Waals surface area contributed by atoms with Gasteiger partial charge in [0.2, 0.25) is 5.91 Å². The van der Waals surface area contributed by atoms with Crippen LogP contribution in [0.25, 0.3) is 0 Å². The summed E-state index contributed by atoms with van der Waals surface area (Å²) in [6.07, 6.45) is -3.39. The van der Waals surface area contributed by atoms with Crippen molar-refractivity contribution in [3.8, 4) is 0 Å². The van der Waals surface area contributed by atoms with Crippen molar-refractivity contribution >= 4 is 41.9 Å². The molecule has 29 heavy (non-hydrogen) atoms. The molecule has 2 heterocycles. The molecule has 0 radical (unpaired) electrons. The van der Waals surface area contributed by atoms with Crippen molar-refractivity contribution in [3.63, 3.8) is 0 Å². The number of halogens is 4. The molecule has 2 rings (SSSR count). The van der Waals surface area contributed by atoms with Crippen LogP contribution in [0.5, 0.6) is 0 Å². The molecule has 168 valence electrons. The summed E-state index contributed by atoms with van der Waals surface area (Å²) in [5, 5.41) is 5.64. The van der Waals surface area contributed by atoms with Crippen LogP contribution < -0.4 is 10.6 Å². The SMILES string of the molecule is CCNC(=NCCN1C(=O)CNC1=O)N1CCC(CN(CC)CC(F)(F)F)C1.I. The molecule has 0 aromatic heterocycles. The van der Waals surface area contributed by atoms with Crippen LogP contribution in [0.1, 0.15) is 20.3 Å². The summed E-state index contributed by atoms with van der Waals surface area (Å²) in [6.45, 7) is 6.02. The zero-order valence-electron chi connectivity index (χ0n) is 16.8. The van der Waals surface area contributed by atoms with Crippen molar-refractivity contribution < 1.29 is 22.8 Å². The van der Waals surface area contributed by atoms with Crippen LogP contribution >= 0.6 is 24.0 Å². The predicted octanol–water partition coefficient (Wildman–Crippen LogP) is 1.33. The van der Waals surface area contributed by atoms with Gasteiger partial charge in [0.1, 0.15) is 0 Å². The summed E-state index contributed by atoms with van der Waals surface area (Å²) in [7, 11) is 0. The molecular formula is C17H30F3IN6O2. The first-order valence-corrected chi connectivity index (χ1v) is 9.64. The fraction of sp³-hybridized carbons (Fsp3) is 0.824. The van der Waals surface area contributed by atoms with Gasteiger partial charge in [0.15, 0.2) is 5.96 Å². The number of likely N-dealkylation sites (tertiary alicyclic amines) is 1. The second kappa shape index (κ2) is 11.8. The van der Waals surface area contributed by atoms with Gasteiger partial charge in [0.25, 0.3) is 0 Å². The Labute approximate surface area is 186 Å². The zero-order chi connectivity index (χ0) is 20.7. The van der Waals surface area contributed by atoms with Crippen LogP contribution in [0, 0.1) is 5.92 Å². The number of hydrogen-bond acceptors (Lipinski definition) is 4. The third-order valence-corrected chi connectivity index (χ3v) is 4.81. The molecule has 12 heteroatoms. The molecule has 2 saturated heterocycles. The normalized spacial score (nSPS) is 20.3.